The summed E-state index contributed by atoms with van der Waals surface area (Å²) in [4.78, 5) is 16.5. The zero-order valence-corrected chi connectivity index (χ0v) is 16.5. The number of hydrogen-bond acceptors (Lipinski definition) is 5. The molecule has 140 valence electrons. The van der Waals surface area contributed by atoms with Gasteiger partial charge in [0, 0.05) is 30.5 Å². The Kier molecular flexibility index (Phi) is 6.29. The lowest BCUT2D eigenvalue weighted by atomic mass is 9.78. The molecule has 2 aromatic heterocycles. The molecule has 1 saturated carbocycles. The Bertz CT molecular complexity index is 733. The molecule has 0 aliphatic heterocycles. The second-order valence-electron chi connectivity index (χ2n) is 7.02. The van der Waals surface area contributed by atoms with E-state index in [9.17, 15) is 4.79 Å². The summed E-state index contributed by atoms with van der Waals surface area (Å²) in [6.07, 6.45) is 7.04. The normalized spacial score (nSPS) is 23.0. The number of hydrogen-bond donors (Lipinski definition) is 1. The third-order valence-electron chi connectivity index (χ3n) is 5.36. The minimum absolute atomic E-state index is 0.0806. The van der Waals surface area contributed by atoms with Crippen molar-refractivity contribution in [1.29, 1.82) is 0 Å². The van der Waals surface area contributed by atoms with E-state index < -0.39 is 0 Å². The van der Waals surface area contributed by atoms with Gasteiger partial charge in [-0.15, -0.1) is 10.2 Å². The molecule has 0 spiro atoms. The average Bonchev–Trinajstić information content (AvgIpc) is 3.07. The van der Waals surface area contributed by atoms with Crippen LogP contribution in [0.4, 0.5) is 0 Å². The molecule has 3 atom stereocenters. The summed E-state index contributed by atoms with van der Waals surface area (Å²) in [7, 11) is 0. The number of nitrogens with one attached hydrogen (secondary N) is 1. The van der Waals surface area contributed by atoms with Crippen LogP contribution in [0.1, 0.15) is 40.0 Å². The fourth-order valence-electron chi connectivity index (χ4n) is 3.56. The van der Waals surface area contributed by atoms with Gasteiger partial charge in [-0.25, -0.2) is 0 Å². The summed E-state index contributed by atoms with van der Waals surface area (Å²) in [5.41, 5.74) is 0.982. The van der Waals surface area contributed by atoms with Crippen molar-refractivity contribution in [3.05, 3.63) is 24.5 Å². The number of aromatic nitrogens is 4. The second kappa shape index (κ2) is 8.66. The number of pyridine rings is 1. The molecule has 0 bridgehead atoms. The molecule has 1 aliphatic rings. The summed E-state index contributed by atoms with van der Waals surface area (Å²) in [5.74, 6) is 2.47. The molecule has 1 fully saturated rings. The maximum Gasteiger partial charge on any atom is 0.230 e. The van der Waals surface area contributed by atoms with Crippen LogP contribution in [-0.2, 0) is 11.3 Å². The number of thioether (sulfide) groups is 1. The average molecular weight is 374 g/mol. The van der Waals surface area contributed by atoms with Gasteiger partial charge in [0.1, 0.15) is 0 Å². The van der Waals surface area contributed by atoms with Crippen LogP contribution in [0, 0.1) is 11.8 Å². The van der Waals surface area contributed by atoms with Crippen LogP contribution in [0.2, 0.25) is 0 Å². The van der Waals surface area contributed by atoms with Crippen LogP contribution in [0.15, 0.2) is 29.7 Å². The molecule has 3 rings (SSSR count). The number of carbonyl (C=O) groups excluding carboxylic acids is 1. The van der Waals surface area contributed by atoms with Gasteiger partial charge in [-0.05, 0) is 37.3 Å². The highest BCUT2D eigenvalue weighted by Crippen LogP contribution is 2.29. The number of carbonyl (C=O) groups is 1. The van der Waals surface area contributed by atoms with Gasteiger partial charge in [-0.2, -0.15) is 0 Å². The first-order valence-corrected chi connectivity index (χ1v) is 10.3. The smallest absolute Gasteiger partial charge is 0.230 e. The lowest BCUT2D eigenvalue weighted by Crippen LogP contribution is -2.44. The van der Waals surface area contributed by atoms with Crippen LogP contribution in [-0.4, -0.2) is 37.5 Å². The Morgan fingerprint density at radius 3 is 2.77 bits per heavy atom. The highest BCUT2D eigenvalue weighted by atomic mass is 32.2. The van der Waals surface area contributed by atoms with Crippen molar-refractivity contribution in [2.24, 2.45) is 11.8 Å². The predicted molar refractivity (Wildman–Crippen MR) is 104 cm³/mol. The molecule has 1 N–H and O–H groups in total. The molecule has 1 amide bonds. The van der Waals surface area contributed by atoms with Crippen LogP contribution in [0.5, 0.6) is 0 Å². The minimum atomic E-state index is 0.0806. The lowest BCUT2D eigenvalue weighted by Gasteiger charge is -2.34. The topological polar surface area (TPSA) is 72.7 Å². The van der Waals surface area contributed by atoms with E-state index in [1.54, 1.807) is 12.4 Å². The summed E-state index contributed by atoms with van der Waals surface area (Å²) >= 11 is 1.45. The number of nitrogens with zero attached hydrogens (tertiary/aromatic N) is 4. The molecule has 6 nitrogen and oxygen atoms in total. The monoisotopic (exact) mass is 373 g/mol. The first kappa shape index (κ1) is 18.9. The molecule has 26 heavy (non-hydrogen) atoms. The van der Waals surface area contributed by atoms with E-state index in [-0.39, 0.29) is 5.91 Å². The Labute approximate surface area is 159 Å². The van der Waals surface area contributed by atoms with E-state index in [0.717, 1.165) is 29.5 Å². The largest absolute Gasteiger partial charge is 0.352 e. The molecule has 2 aromatic rings. The quantitative estimate of drug-likeness (QED) is 0.786. The van der Waals surface area contributed by atoms with Crippen molar-refractivity contribution in [3.63, 3.8) is 0 Å². The molecule has 7 heteroatoms. The van der Waals surface area contributed by atoms with E-state index in [2.05, 4.69) is 41.3 Å². The van der Waals surface area contributed by atoms with Crippen molar-refractivity contribution in [2.75, 3.05) is 5.75 Å². The zero-order valence-electron chi connectivity index (χ0n) is 15.7. The zero-order chi connectivity index (χ0) is 18.5. The molecule has 1 aliphatic carbocycles. The van der Waals surface area contributed by atoms with E-state index in [4.69, 9.17) is 0 Å². The van der Waals surface area contributed by atoms with E-state index in [1.807, 2.05) is 16.7 Å². The molecule has 0 radical (unpaired) electrons. The lowest BCUT2D eigenvalue weighted by molar-refractivity contribution is -0.120. The molecule has 0 saturated heterocycles. The number of amides is 1. The van der Waals surface area contributed by atoms with Gasteiger partial charge >= 0.3 is 0 Å². The van der Waals surface area contributed by atoms with Crippen LogP contribution in [0.25, 0.3) is 11.4 Å². The third-order valence-corrected chi connectivity index (χ3v) is 6.32. The van der Waals surface area contributed by atoms with Crippen molar-refractivity contribution in [1.82, 2.24) is 25.1 Å². The van der Waals surface area contributed by atoms with Crippen molar-refractivity contribution in [2.45, 2.75) is 57.8 Å². The summed E-state index contributed by atoms with van der Waals surface area (Å²) in [6, 6.07) is 4.13. The first-order chi connectivity index (χ1) is 12.6. The number of rotatable bonds is 6. The fourth-order valence-corrected chi connectivity index (χ4v) is 4.37. The standard InChI is InChI=1S/C19H27N5OS/c1-4-24-18(15-8-10-20-11-9-15)22-23-19(24)26-12-17(25)21-16-7-5-6-13(2)14(16)3/h8-11,13-14,16H,4-7,12H2,1-3H3,(H,21,25). The van der Waals surface area contributed by atoms with Gasteiger partial charge in [0.15, 0.2) is 11.0 Å². The van der Waals surface area contributed by atoms with Crippen molar-refractivity contribution >= 4 is 17.7 Å². The van der Waals surface area contributed by atoms with Gasteiger partial charge in [-0.1, -0.05) is 38.5 Å². The van der Waals surface area contributed by atoms with E-state index in [0.29, 0.717) is 23.6 Å². The second-order valence-corrected chi connectivity index (χ2v) is 7.96. The van der Waals surface area contributed by atoms with Crippen LogP contribution in [0.3, 0.4) is 0 Å². The highest BCUT2D eigenvalue weighted by molar-refractivity contribution is 7.99. The van der Waals surface area contributed by atoms with Crippen molar-refractivity contribution in [3.8, 4) is 11.4 Å². The van der Waals surface area contributed by atoms with Gasteiger partial charge in [0.25, 0.3) is 0 Å². The van der Waals surface area contributed by atoms with Gasteiger partial charge in [0.05, 0.1) is 5.75 Å². The summed E-state index contributed by atoms with van der Waals surface area (Å²) in [5, 5.41) is 12.6. The Morgan fingerprint density at radius 2 is 2.04 bits per heavy atom. The predicted octanol–water partition coefficient (Wildman–Crippen LogP) is 3.39. The Hall–Kier alpha value is -1.89. The van der Waals surface area contributed by atoms with E-state index >= 15 is 0 Å². The minimum Gasteiger partial charge on any atom is -0.352 e. The molecular weight excluding hydrogens is 346 g/mol. The summed E-state index contributed by atoms with van der Waals surface area (Å²) < 4.78 is 2.04. The Morgan fingerprint density at radius 1 is 1.27 bits per heavy atom. The molecule has 2 heterocycles. The van der Waals surface area contributed by atoms with Crippen molar-refractivity contribution < 1.29 is 4.79 Å². The Balaban J connectivity index is 1.61. The maximum absolute atomic E-state index is 12.4. The third kappa shape index (κ3) is 4.26. The fraction of sp³-hybridized carbons (Fsp3) is 0.579. The van der Waals surface area contributed by atoms with Gasteiger partial charge in [0.2, 0.25) is 5.91 Å². The van der Waals surface area contributed by atoms with Gasteiger partial charge in [-0.3, -0.25) is 9.78 Å². The molecule has 0 aromatic carbocycles. The van der Waals surface area contributed by atoms with E-state index in [1.165, 1.54) is 24.6 Å². The molecular formula is C19H27N5OS. The SMILES string of the molecule is CCn1c(SCC(=O)NC2CCCC(C)C2C)nnc1-c1ccncc1. The van der Waals surface area contributed by atoms with Crippen LogP contribution < -0.4 is 5.32 Å². The summed E-state index contributed by atoms with van der Waals surface area (Å²) in [6.45, 7) is 7.34. The van der Waals surface area contributed by atoms with Gasteiger partial charge < -0.3 is 9.88 Å². The maximum atomic E-state index is 12.4. The first-order valence-electron chi connectivity index (χ1n) is 9.36. The van der Waals surface area contributed by atoms with Crippen LogP contribution >= 0.6 is 11.8 Å². The molecule has 3 unspecified atom stereocenters. The highest BCUT2D eigenvalue weighted by Gasteiger charge is 2.28.